The Kier molecular flexibility index (Phi) is 3.95. The van der Waals surface area contributed by atoms with Crippen LogP contribution < -0.4 is 5.32 Å². The second kappa shape index (κ2) is 5.88. The fraction of sp³-hybridized carbons (Fsp3) is 0.529. The largest absolute Gasteiger partial charge is 0.342 e. The molecule has 0 unspecified atom stereocenters. The summed E-state index contributed by atoms with van der Waals surface area (Å²) in [5, 5.41) is 2.99. The lowest BCUT2D eigenvalue weighted by Gasteiger charge is -2.31. The van der Waals surface area contributed by atoms with Crippen molar-refractivity contribution in [3.05, 3.63) is 29.8 Å². The van der Waals surface area contributed by atoms with Gasteiger partial charge in [0.15, 0.2) is 0 Å². The average Bonchev–Trinajstić information content (AvgIpc) is 3.31. The highest BCUT2D eigenvalue weighted by molar-refractivity contribution is 5.92. The molecule has 21 heavy (non-hydrogen) atoms. The molecule has 1 aromatic carbocycles. The summed E-state index contributed by atoms with van der Waals surface area (Å²) in [5.41, 5.74) is 1.99. The number of hydrogen-bond acceptors (Lipinski definition) is 2. The Balaban J connectivity index is 1.51. The first-order chi connectivity index (χ1) is 10.1. The number of hydrogen-bond donors (Lipinski definition) is 1. The molecule has 1 heterocycles. The predicted molar refractivity (Wildman–Crippen MR) is 81.8 cm³/mol. The van der Waals surface area contributed by atoms with Crippen LogP contribution in [0.2, 0.25) is 0 Å². The maximum absolute atomic E-state index is 12.3. The summed E-state index contributed by atoms with van der Waals surface area (Å²) < 4.78 is 0. The zero-order valence-corrected chi connectivity index (χ0v) is 12.5. The van der Waals surface area contributed by atoms with Crippen LogP contribution in [0.4, 0.5) is 5.69 Å². The molecular weight excluding hydrogens is 264 g/mol. The van der Waals surface area contributed by atoms with Crippen molar-refractivity contribution in [3.8, 4) is 0 Å². The van der Waals surface area contributed by atoms with Crippen molar-refractivity contribution in [2.24, 2.45) is 11.8 Å². The highest BCUT2D eigenvalue weighted by Gasteiger charge is 2.35. The Bertz CT molecular complexity index is 543. The molecule has 0 spiro atoms. The highest BCUT2D eigenvalue weighted by Crippen LogP contribution is 2.32. The van der Waals surface area contributed by atoms with Crippen molar-refractivity contribution in [1.82, 2.24) is 4.90 Å². The van der Waals surface area contributed by atoms with Crippen LogP contribution in [-0.2, 0) is 9.59 Å². The van der Waals surface area contributed by atoms with Crippen LogP contribution >= 0.6 is 0 Å². The van der Waals surface area contributed by atoms with Crippen LogP contribution in [0.15, 0.2) is 24.3 Å². The molecule has 4 nitrogen and oxygen atoms in total. The molecule has 3 rings (SSSR count). The molecule has 2 amide bonds. The molecule has 2 fully saturated rings. The first-order valence-corrected chi connectivity index (χ1v) is 7.80. The van der Waals surface area contributed by atoms with E-state index in [1.165, 1.54) is 0 Å². The molecule has 1 aliphatic heterocycles. The van der Waals surface area contributed by atoms with Crippen LogP contribution in [-0.4, -0.2) is 29.8 Å². The predicted octanol–water partition coefficient (Wildman–Crippen LogP) is 2.58. The lowest BCUT2D eigenvalue weighted by molar-refractivity contribution is -0.135. The van der Waals surface area contributed by atoms with E-state index in [1.54, 1.807) is 0 Å². The maximum atomic E-state index is 12.3. The third kappa shape index (κ3) is 3.43. The molecule has 0 atom stereocenters. The van der Waals surface area contributed by atoms with E-state index in [1.807, 2.05) is 36.1 Å². The van der Waals surface area contributed by atoms with E-state index < -0.39 is 0 Å². The lowest BCUT2D eigenvalue weighted by Crippen LogP contribution is -2.42. The molecule has 1 saturated carbocycles. The van der Waals surface area contributed by atoms with E-state index in [9.17, 15) is 9.59 Å². The summed E-state index contributed by atoms with van der Waals surface area (Å²) in [6, 6.07) is 7.85. The number of carbonyl (C=O) groups is 2. The topological polar surface area (TPSA) is 49.4 Å². The third-order valence-electron chi connectivity index (χ3n) is 4.39. The standard InChI is InChI=1S/C17H22N2O2/c1-12-3-2-4-15(11-12)18-16(20)13-7-9-19(10-8-13)17(21)14-5-6-14/h2-4,11,13-14H,5-10H2,1H3,(H,18,20). The van der Waals surface area contributed by atoms with Crippen molar-refractivity contribution in [2.75, 3.05) is 18.4 Å². The molecule has 2 aliphatic rings. The van der Waals surface area contributed by atoms with Crippen LogP contribution in [0.5, 0.6) is 0 Å². The molecule has 0 bridgehead atoms. The molecule has 0 radical (unpaired) electrons. The number of carbonyl (C=O) groups excluding carboxylic acids is 2. The molecule has 0 aromatic heterocycles. The van der Waals surface area contributed by atoms with Gasteiger partial charge < -0.3 is 10.2 Å². The quantitative estimate of drug-likeness (QED) is 0.928. The van der Waals surface area contributed by atoms with Gasteiger partial charge >= 0.3 is 0 Å². The van der Waals surface area contributed by atoms with E-state index in [2.05, 4.69) is 5.32 Å². The molecule has 4 heteroatoms. The number of aryl methyl sites for hydroxylation is 1. The fourth-order valence-corrected chi connectivity index (χ4v) is 2.92. The number of rotatable bonds is 3. The third-order valence-corrected chi connectivity index (χ3v) is 4.39. The summed E-state index contributed by atoms with van der Waals surface area (Å²) in [4.78, 5) is 26.2. The van der Waals surface area contributed by atoms with Gasteiger partial charge in [-0.05, 0) is 50.3 Å². The van der Waals surface area contributed by atoms with Gasteiger partial charge in [-0.25, -0.2) is 0 Å². The number of nitrogens with zero attached hydrogens (tertiary/aromatic N) is 1. The number of anilines is 1. The van der Waals surface area contributed by atoms with E-state index >= 15 is 0 Å². The minimum atomic E-state index is 0.0220. The molecule has 1 aliphatic carbocycles. The second-order valence-corrected chi connectivity index (χ2v) is 6.23. The van der Waals surface area contributed by atoms with Gasteiger partial charge in [0.1, 0.15) is 0 Å². The zero-order valence-electron chi connectivity index (χ0n) is 12.5. The number of nitrogens with one attached hydrogen (secondary N) is 1. The van der Waals surface area contributed by atoms with E-state index in [0.717, 1.165) is 50.0 Å². The Morgan fingerprint density at radius 2 is 1.81 bits per heavy atom. The molecule has 1 N–H and O–H groups in total. The minimum Gasteiger partial charge on any atom is -0.342 e. The Morgan fingerprint density at radius 3 is 2.43 bits per heavy atom. The molecule has 1 saturated heterocycles. The SMILES string of the molecule is Cc1cccc(NC(=O)C2CCN(C(=O)C3CC3)CC2)c1. The van der Waals surface area contributed by atoms with Gasteiger partial charge in [-0.3, -0.25) is 9.59 Å². The first-order valence-electron chi connectivity index (χ1n) is 7.80. The van der Waals surface area contributed by atoms with E-state index in [-0.39, 0.29) is 17.7 Å². The molecular formula is C17H22N2O2. The van der Waals surface area contributed by atoms with Gasteiger partial charge in [-0.2, -0.15) is 0 Å². The van der Waals surface area contributed by atoms with Gasteiger partial charge in [0.05, 0.1) is 0 Å². The Hall–Kier alpha value is -1.84. The van der Waals surface area contributed by atoms with Crippen molar-refractivity contribution in [1.29, 1.82) is 0 Å². The monoisotopic (exact) mass is 286 g/mol. The Morgan fingerprint density at radius 1 is 1.10 bits per heavy atom. The first kappa shape index (κ1) is 14.1. The summed E-state index contributed by atoms with van der Waals surface area (Å²) in [6.45, 7) is 3.46. The fourth-order valence-electron chi connectivity index (χ4n) is 2.92. The van der Waals surface area contributed by atoms with Gasteiger partial charge in [0.25, 0.3) is 0 Å². The minimum absolute atomic E-state index is 0.0220. The van der Waals surface area contributed by atoms with E-state index in [0.29, 0.717) is 5.91 Å². The number of benzene rings is 1. The van der Waals surface area contributed by atoms with Gasteiger partial charge in [0.2, 0.25) is 11.8 Å². The Labute approximate surface area is 125 Å². The molecule has 112 valence electrons. The van der Waals surface area contributed by atoms with Crippen LogP contribution in [0.1, 0.15) is 31.2 Å². The van der Waals surface area contributed by atoms with Crippen molar-refractivity contribution in [3.63, 3.8) is 0 Å². The van der Waals surface area contributed by atoms with Crippen molar-refractivity contribution >= 4 is 17.5 Å². The number of piperidine rings is 1. The number of likely N-dealkylation sites (tertiary alicyclic amines) is 1. The average molecular weight is 286 g/mol. The van der Waals surface area contributed by atoms with Gasteiger partial charge in [-0.15, -0.1) is 0 Å². The summed E-state index contributed by atoms with van der Waals surface area (Å²) >= 11 is 0. The maximum Gasteiger partial charge on any atom is 0.227 e. The zero-order chi connectivity index (χ0) is 14.8. The van der Waals surface area contributed by atoms with E-state index in [4.69, 9.17) is 0 Å². The van der Waals surface area contributed by atoms with Crippen LogP contribution in [0.3, 0.4) is 0 Å². The molecule has 1 aromatic rings. The summed E-state index contributed by atoms with van der Waals surface area (Å²) in [6.07, 6.45) is 3.64. The smallest absolute Gasteiger partial charge is 0.227 e. The number of amides is 2. The van der Waals surface area contributed by atoms with Gasteiger partial charge in [-0.1, -0.05) is 12.1 Å². The van der Waals surface area contributed by atoms with Crippen molar-refractivity contribution in [2.45, 2.75) is 32.6 Å². The normalized spacial score (nSPS) is 19.4. The second-order valence-electron chi connectivity index (χ2n) is 6.23. The summed E-state index contributed by atoms with van der Waals surface area (Å²) in [5.74, 6) is 0.683. The van der Waals surface area contributed by atoms with Crippen LogP contribution in [0.25, 0.3) is 0 Å². The highest BCUT2D eigenvalue weighted by atomic mass is 16.2. The van der Waals surface area contributed by atoms with Crippen LogP contribution in [0, 0.1) is 18.8 Å². The van der Waals surface area contributed by atoms with Gasteiger partial charge in [0, 0.05) is 30.6 Å². The lowest BCUT2D eigenvalue weighted by atomic mass is 9.95. The summed E-state index contributed by atoms with van der Waals surface area (Å²) in [7, 11) is 0. The van der Waals surface area contributed by atoms with Crippen molar-refractivity contribution < 1.29 is 9.59 Å².